The lowest BCUT2D eigenvalue weighted by Gasteiger charge is -2.34. The quantitative estimate of drug-likeness (QED) is 0.855. The zero-order valence-corrected chi connectivity index (χ0v) is 15.7. The molecule has 2 aliphatic heterocycles. The van der Waals surface area contributed by atoms with Gasteiger partial charge in [-0.05, 0) is 48.6 Å². The smallest absolute Gasteiger partial charge is 0.251 e. The number of nitrogens with zero attached hydrogens (tertiary/aromatic N) is 1. The number of hydrogen-bond acceptors (Lipinski definition) is 3. The van der Waals surface area contributed by atoms with Crippen LogP contribution in [0.3, 0.4) is 0 Å². The van der Waals surface area contributed by atoms with Crippen LogP contribution in [0.5, 0.6) is 0 Å². The number of nitrogens with one attached hydrogen (secondary N) is 2. The van der Waals surface area contributed by atoms with Gasteiger partial charge in [-0.2, -0.15) is 0 Å². The van der Waals surface area contributed by atoms with E-state index in [4.69, 9.17) is 0 Å². The van der Waals surface area contributed by atoms with Crippen LogP contribution in [0.1, 0.15) is 42.0 Å². The fraction of sp³-hybridized carbons (Fsp3) is 0.364. The van der Waals surface area contributed by atoms with Crippen molar-refractivity contribution in [3.63, 3.8) is 0 Å². The molecule has 2 heterocycles. The highest BCUT2D eigenvalue weighted by atomic mass is 19.1. The predicted octanol–water partition coefficient (Wildman–Crippen LogP) is 3.16. The fourth-order valence-corrected chi connectivity index (χ4v) is 4.04. The Bertz CT molecular complexity index is 885. The van der Waals surface area contributed by atoms with Gasteiger partial charge >= 0.3 is 0 Å². The molecule has 4 rings (SSSR count). The third kappa shape index (κ3) is 3.64. The van der Waals surface area contributed by atoms with Crippen molar-refractivity contribution < 1.29 is 14.0 Å². The number of fused-ring (bicyclic) bond motifs is 1. The number of benzene rings is 2. The molecule has 28 heavy (non-hydrogen) atoms. The lowest BCUT2D eigenvalue weighted by molar-refractivity contribution is -0.141. The normalized spacial score (nSPS) is 17.8. The Morgan fingerprint density at radius 1 is 1.11 bits per heavy atom. The lowest BCUT2D eigenvalue weighted by Crippen LogP contribution is -2.43. The van der Waals surface area contributed by atoms with Crippen molar-refractivity contribution in [1.29, 1.82) is 0 Å². The van der Waals surface area contributed by atoms with Gasteiger partial charge in [0.25, 0.3) is 5.91 Å². The number of halogens is 1. The minimum absolute atomic E-state index is 0.0350. The number of amides is 2. The molecule has 0 aliphatic carbocycles. The highest BCUT2D eigenvalue weighted by molar-refractivity contribution is 5.98. The first-order valence-corrected chi connectivity index (χ1v) is 9.81. The molecular weight excluding hydrogens is 357 g/mol. The summed E-state index contributed by atoms with van der Waals surface area (Å²) < 4.78 is 15.0. The largest absolute Gasteiger partial charge is 0.327 e. The van der Waals surface area contributed by atoms with E-state index in [-0.39, 0.29) is 23.3 Å². The third-order valence-electron chi connectivity index (χ3n) is 5.50. The van der Waals surface area contributed by atoms with E-state index in [9.17, 15) is 14.0 Å². The van der Waals surface area contributed by atoms with Crippen LogP contribution in [0.4, 0.5) is 10.1 Å². The number of carbonyl (C=O) groups is 2. The van der Waals surface area contributed by atoms with E-state index in [2.05, 4.69) is 10.6 Å². The van der Waals surface area contributed by atoms with E-state index in [1.807, 2.05) is 36.4 Å². The summed E-state index contributed by atoms with van der Waals surface area (Å²) in [4.78, 5) is 27.3. The zero-order chi connectivity index (χ0) is 19.5. The summed E-state index contributed by atoms with van der Waals surface area (Å²) in [5.74, 6) is -0.786. The zero-order valence-electron chi connectivity index (χ0n) is 15.7. The summed E-state index contributed by atoms with van der Waals surface area (Å²) in [6.45, 7) is 1.88. The molecule has 1 fully saturated rings. The van der Waals surface area contributed by atoms with E-state index in [0.717, 1.165) is 30.5 Å². The molecule has 2 aliphatic rings. The van der Waals surface area contributed by atoms with Gasteiger partial charge in [-0.15, -0.1) is 0 Å². The van der Waals surface area contributed by atoms with Crippen LogP contribution in [0.2, 0.25) is 0 Å². The van der Waals surface area contributed by atoms with Gasteiger partial charge in [0.05, 0.1) is 5.69 Å². The van der Waals surface area contributed by atoms with Crippen LogP contribution in [0, 0.1) is 5.82 Å². The number of piperidine rings is 1. The number of likely N-dealkylation sites (tertiary alicyclic amines) is 1. The predicted molar refractivity (Wildman–Crippen MR) is 105 cm³/mol. The molecule has 1 saturated heterocycles. The minimum Gasteiger partial charge on any atom is -0.327 e. The molecule has 0 aromatic heterocycles. The monoisotopic (exact) mass is 381 g/mol. The van der Waals surface area contributed by atoms with Crippen molar-refractivity contribution in [2.75, 3.05) is 18.4 Å². The summed E-state index contributed by atoms with van der Waals surface area (Å²) in [5.41, 5.74) is 2.49. The standard InChI is InChI=1S/C22H24FN3O2/c23-20-17-11-12-24-14-16(17)9-10-18(20)25-22(28)21(15-6-2-1-3-7-15)26-13-5-4-8-19(26)27/h1-3,6-7,9-10,21,24H,4-5,8,11-14H2,(H,25,28). The topological polar surface area (TPSA) is 61.4 Å². The van der Waals surface area contributed by atoms with Crippen LogP contribution in [0.25, 0.3) is 0 Å². The van der Waals surface area contributed by atoms with E-state index in [1.54, 1.807) is 11.0 Å². The molecule has 2 amide bonds. The van der Waals surface area contributed by atoms with Crippen LogP contribution >= 0.6 is 0 Å². The Hall–Kier alpha value is -2.73. The average molecular weight is 381 g/mol. The van der Waals surface area contributed by atoms with Gasteiger partial charge in [0.15, 0.2) is 0 Å². The second-order valence-corrected chi connectivity index (χ2v) is 7.34. The maximum atomic E-state index is 15.0. The van der Waals surface area contributed by atoms with E-state index in [0.29, 0.717) is 31.5 Å². The first kappa shape index (κ1) is 18.6. The van der Waals surface area contributed by atoms with Crippen molar-refractivity contribution in [1.82, 2.24) is 10.2 Å². The van der Waals surface area contributed by atoms with Crippen LogP contribution in [0.15, 0.2) is 42.5 Å². The Morgan fingerprint density at radius 3 is 2.71 bits per heavy atom. The Labute approximate surface area is 163 Å². The first-order chi connectivity index (χ1) is 13.6. The summed E-state index contributed by atoms with van der Waals surface area (Å²) in [6, 6.07) is 11.9. The molecule has 2 N–H and O–H groups in total. The SMILES string of the molecule is O=C(Nc1ccc2c(c1F)CCNC2)C(c1ccccc1)N1CCCCC1=O. The fourth-order valence-electron chi connectivity index (χ4n) is 4.04. The summed E-state index contributed by atoms with van der Waals surface area (Å²) in [7, 11) is 0. The second kappa shape index (κ2) is 8.10. The number of hydrogen-bond donors (Lipinski definition) is 2. The van der Waals surface area contributed by atoms with Crippen LogP contribution in [-0.4, -0.2) is 29.8 Å². The molecule has 2 aromatic carbocycles. The van der Waals surface area contributed by atoms with Gasteiger partial charge in [0.2, 0.25) is 5.91 Å². The number of rotatable bonds is 4. The number of anilines is 1. The van der Waals surface area contributed by atoms with Gasteiger partial charge in [-0.3, -0.25) is 9.59 Å². The molecule has 0 radical (unpaired) electrons. The van der Waals surface area contributed by atoms with Gasteiger partial charge < -0.3 is 15.5 Å². The molecule has 6 heteroatoms. The highest BCUT2D eigenvalue weighted by Gasteiger charge is 2.33. The average Bonchev–Trinajstić information content (AvgIpc) is 2.73. The molecule has 0 bridgehead atoms. The summed E-state index contributed by atoms with van der Waals surface area (Å²) >= 11 is 0. The number of carbonyl (C=O) groups excluding carboxylic acids is 2. The molecule has 1 unspecified atom stereocenters. The molecule has 5 nitrogen and oxygen atoms in total. The second-order valence-electron chi connectivity index (χ2n) is 7.34. The molecular formula is C22H24FN3O2. The Kier molecular flexibility index (Phi) is 5.39. The van der Waals surface area contributed by atoms with Crippen molar-refractivity contribution in [3.05, 3.63) is 65.0 Å². The van der Waals surface area contributed by atoms with E-state index >= 15 is 0 Å². The van der Waals surface area contributed by atoms with Crippen LogP contribution in [-0.2, 0) is 22.6 Å². The summed E-state index contributed by atoms with van der Waals surface area (Å²) in [6.07, 6.45) is 2.74. The van der Waals surface area contributed by atoms with Crippen molar-refractivity contribution >= 4 is 17.5 Å². The molecule has 1 atom stereocenters. The lowest BCUT2D eigenvalue weighted by atomic mass is 9.98. The molecule has 2 aromatic rings. The molecule has 0 saturated carbocycles. The maximum absolute atomic E-state index is 15.0. The van der Waals surface area contributed by atoms with Crippen molar-refractivity contribution in [3.8, 4) is 0 Å². The first-order valence-electron chi connectivity index (χ1n) is 9.81. The Balaban J connectivity index is 1.64. The van der Waals surface area contributed by atoms with Crippen LogP contribution < -0.4 is 10.6 Å². The van der Waals surface area contributed by atoms with Gasteiger partial charge in [-0.1, -0.05) is 36.4 Å². The van der Waals surface area contributed by atoms with E-state index in [1.165, 1.54) is 0 Å². The third-order valence-corrected chi connectivity index (χ3v) is 5.50. The minimum atomic E-state index is -0.758. The highest BCUT2D eigenvalue weighted by Crippen LogP contribution is 2.29. The summed E-state index contributed by atoms with van der Waals surface area (Å²) in [5, 5.41) is 5.97. The molecule has 0 spiro atoms. The Morgan fingerprint density at radius 2 is 1.93 bits per heavy atom. The van der Waals surface area contributed by atoms with E-state index < -0.39 is 6.04 Å². The van der Waals surface area contributed by atoms with Crippen molar-refractivity contribution in [2.45, 2.75) is 38.3 Å². The van der Waals surface area contributed by atoms with Gasteiger partial charge in [0.1, 0.15) is 11.9 Å². The van der Waals surface area contributed by atoms with Gasteiger partial charge in [-0.25, -0.2) is 4.39 Å². The molecule has 146 valence electrons. The van der Waals surface area contributed by atoms with Gasteiger partial charge in [0, 0.05) is 19.5 Å². The van der Waals surface area contributed by atoms with Crippen molar-refractivity contribution in [2.24, 2.45) is 0 Å². The maximum Gasteiger partial charge on any atom is 0.251 e.